The smallest absolute Gasteiger partial charge is 0.227 e. The third-order valence-corrected chi connectivity index (χ3v) is 6.37. The van der Waals surface area contributed by atoms with Gasteiger partial charge in [0.2, 0.25) is 5.58 Å². The van der Waals surface area contributed by atoms with Crippen LogP contribution >= 0.6 is 0 Å². The summed E-state index contributed by atoms with van der Waals surface area (Å²) in [4.78, 5) is 12.3. The summed E-state index contributed by atoms with van der Waals surface area (Å²) >= 11 is 0. The second kappa shape index (κ2) is 7.14. The van der Waals surface area contributed by atoms with Crippen LogP contribution in [0.2, 0.25) is 0 Å². The van der Waals surface area contributed by atoms with E-state index in [2.05, 4.69) is 10.1 Å². The second-order valence-corrected chi connectivity index (χ2v) is 8.07. The van der Waals surface area contributed by atoms with Crippen molar-refractivity contribution in [1.82, 2.24) is 15.1 Å². The minimum atomic E-state index is 0.485. The van der Waals surface area contributed by atoms with E-state index in [1.165, 1.54) is 57.8 Å². The topological polar surface area (TPSA) is 64.3 Å². The number of anilines is 1. The lowest BCUT2D eigenvalue weighted by molar-refractivity contribution is 0.122. The van der Waals surface area contributed by atoms with Gasteiger partial charge in [0.1, 0.15) is 17.0 Å². The first-order valence-corrected chi connectivity index (χ1v) is 10.4. The largest absolute Gasteiger partial charge is 0.378 e. The molecule has 3 fully saturated rings. The molecule has 0 bridgehead atoms. The molecule has 2 aliphatic carbocycles. The Labute approximate surface area is 154 Å². The fraction of sp³-hybridized carbons (Fsp3) is 0.750. The van der Waals surface area contributed by atoms with Crippen molar-refractivity contribution in [3.8, 4) is 0 Å². The van der Waals surface area contributed by atoms with Gasteiger partial charge in [-0.15, -0.1) is 0 Å². The van der Waals surface area contributed by atoms with Crippen molar-refractivity contribution in [2.45, 2.75) is 69.6 Å². The van der Waals surface area contributed by atoms with Crippen LogP contribution in [0.25, 0.3) is 11.1 Å². The molecule has 6 heteroatoms. The van der Waals surface area contributed by atoms with E-state index in [-0.39, 0.29) is 0 Å². The van der Waals surface area contributed by atoms with Gasteiger partial charge in [-0.3, -0.25) is 0 Å². The number of hydrogen-bond donors (Lipinski definition) is 0. The van der Waals surface area contributed by atoms with Crippen molar-refractivity contribution in [2.75, 3.05) is 31.2 Å². The van der Waals surface area contributed by atoms with Gasteiger partial charge in [-0.05, 0) is 25.7 Å². The highest BCUT2D eigenvalue weighted by Gasteiger charge is 2.29. The Kier molecular flexibility index (Phi) is 4.53. The van der Waals surface area contributed by atoms with Crippen LogP contribution in [0, 0.1) is 0 Å². The molecule has 1 saturated heterocycles. The highest BCUT2D eigenvalue weighted by atomic mass is 16.5. The summed E-state index contributed by atoms with van der Waals surface area (Å²) in [5.41, 5.74) is 2.84. The SMILES string of the molecule is C1CCC(c2nc(N3CCOCC3)c3onc(C4CCCC4)c3n2)CC1. The fourth-order valence-electron chi connectivity index (χ4n) is 4.85. The van der Waals surface area contributed by atoms with Crippen LogP contribution in [0.1, 0.15) is 81.1 Å². The van der Waals surface area contributed by atoms with E-state index >= 15 is 0 Å². The van der Waals surface area contributed by atoms with Crippen LogP contribution in [0.4, 0.5) is 5.82 Å². The lowest BCUT2D eigenvalue weighted by Gasteiger charge is -2.28. The first-order valence-electron chi connectivity index (χ1n) is 10.4. The zero-order chi connectivity index (χ0) is 17.3. The van der Waals surface area contributed by atoms with Gasteiger partial charge in [-0.1, -0.05) is 37.3 Å². The molecule has 0 aromatic carbocycles. The summed E-state index contributed by atoms with van der Waals surface area (Å²) in [5.74, 6) is 2.94. The zero-order valence-corrected chi connectivity index (χ0v) is 15.5. The molecule has 0 unspecified atom stereocenters. The number of rotatable bonds is 3. The number of hydrogen-bond acceptors (Lipinski definition) is 6. The van der Waals surface area contributed by atoms with Gasteiger partial charge in [-0.25, -0.2) is 9.97 Å². The van der Waals surface area contributed by atoms with Crippen molar-refractivity contribution >= 4 is 16.9 Å². The molecule has 3 heterocycles. The summed E-state index contributed by atoms with van der Waals surface area (Å²) in [6.45, 7) is 3.20. The van der Waals surface area contributed by atoms with Crippen LogP contribution in [0.3, 0.4) is 0 Å². The van der Waals surface area contributed by atoms with E-state index in [4.69, 9.17) is 19.2 Å². The lowest BCUT2D eigenvalue weighted by Crippen LogP contribution is -2.37. The standard InChI is InChI=1S/C20H28N4O2/c1-2-8-15(9-3-1)19-21-17-16(14-6-4-5-7-14)23-26-18(17)20(22-19)24-10-12-25-13-11-24/h14-15H,1-13H2. The van der Waals surface area contributed by atoms with Crippen LogP contribution in [-0.4, -0.2) is 41.4 Å². The molecule has 3 aliphatic rings. The van der Waals surface area contributed by atoms with Gasteiger partial charge in [0.25, 0.3) is 0 Å². The minimum absolute atomic E-state index is 0.485. The lowest BCUT2D eigenvalue weighted by atomic mass is 9.88. The van der Waals surface area contributed by atoms with Crippen LogP contribution in [0.5, 0.6) is 0 Å². The maximum absolute atomic E-state index is 5.83. The van der Waals surface area contributed by atoms with Gasteiger partial charge in [0, 0.05) is 24.9 Å². The highest BCUT2D eigenvalue weighted by Crippen LogP contribution is 2.40. The van der Waals surface area contributed by atoms with E-state index in [1.807, 2.05) is 0 Å². The van der Waals surface area contributed by atoms with Crippen LogP contribution in [0.15, 0.2) is 4.52 Å². The van der Waals surface area contributed by atoms with E-state index in [9.17, 15) is 0 Å². The van der Waals surface area contributed by atoms with E-state index < -0.39 is 0 Å². The Hall–Kier alpha value is -1.69. The van der Waals surface area contributed by atoms with Crippen molar-refractivity contribution in [1.29, 1.82) is 0 Å². The molecule has 140 valence electrons. The van der Waals surface area contributed by atoms with Crippen molar-refractivity contribution in [3.63, 3.8) is 0 Å². The van der Waals surface area contributed by atoms with Crippen LogP contribution < -0.4 is 4.90 Å². The molecule has 2 saturated carbocycles. The molecule has 2 aromatic heterocycles. The van der Waals surface area contributed by atoms with Gasteiger partial charge < -0.3 is 14.2 Å². The molecular weight excluding hydrogens is 328 g/mol. The van der Waals surface area contributed by atoms with Crippen LogP contribution in [-0.2, 0) is 4.74 Å². The summed E-state index contributed by atoms with van der Waals surface area (Å²) in [7, 11) is 0. The van der Waals surface area contributed by atoms with E-state index in [0.29, 0.717) is 11.8 Å². The Morgan fingerprint density at radius 2 is 1.50 bits per heavy atom. The molecule has 0 N–H and O–H groups in total. The monoisotopic (exact) mass is 356 g/mol. The molecule has 2 aromatic rings. The summed E-state index contributed by atoms with van der Waals surface area (Å²) in [6.07, 6.45) is 11.3. The Morgan fingerprint density at radius 3 is 2.27 bits per heavy atom. The molecule has 0 amide bonds. The van der Waals surface area contributed by atoms with Gasteiger partial charge >= 0.3 is 0 Å². The van der Waals surface area contributed by atoms with Gasteiger partial charge in [-0.2, -0.15) is 0 Å². The first kappa shape index (κ1) is 16.5. The Bertz CT molecular complexity index is 757. The van der Waals surface area contributed by atoms with E-state index in [0.717, 1.165) is 54.7 Å². The maximum atomic E-state index is 5.83. The molecular formula is C20H28N4O2. The molecule has 6 nitrogen and oxygen atoms in total. The van der Waals surface area contributed by atoms with Gasteiger partial charge in [0.05, 0.1) is 13.2 Å². The quantitative estimate of drug-likeness (QED) is 0.823. The normalized spacial score (nSPS) is 23.2. The number of nitrogens with zero attached hydrogens (tertiary/aromatic N) is 4. The number of fused-ring (bicyclic) bond motifs is 1. The fourth-order valence-corrected chi connectivity index (χ4v) is 4.85. The Balaban J connectivity index is 1.60. The summed E-state index contributed by atoms with van der Waals surface area (Å²) in [6, 6.07) is 0. The average Bonchev–Trinajstić information content (AvgIpc) is 3.38. The predicted molar refractivity (Wildman–Crippen MR) is 99.7 cm³/mol. The molecule has 0 spiro atoms. The third kappa shape index (κ3) is 2.98. The zero-order valence-electron chi connectivity index (χ0n) is 15.5. The molecule has 0 atom stereocenters. The summed E-state index contributed by atoms with van der Waals surface area (Å²) in [5, 5.41) is 4.48. The predicted octanol–water partition coefficient (Wildman–Crippen LogP) is 4.16. The number of morpholine rings is 1. The number of ether oxygens (including phenoxy) is 1. The summed E-state index contributed by atoms with van der Waals surface area (Å²) < 4.78 is 11.4. The first-order chi connectivity index (χ1) is 12.9. The highest BCUT2D eigenvalue weighted by molar-refractivity contribution is 5.86. The second-order valence-electron chi connectivity index (χ2n) is 8.07. The third-order valence-electron chi connectivity index (χ3n) is 6.37. The number of aromatic nitrogens is 3. The molecule has 1 aliphatic heterocycles. The van der Waals surface area contributed by atoms with Crippen molar-refractivity contribution in [2.24, 2.45) is 0 Å². The van der Waals surface area contributed by atoms with Crippen molar-refractivity contribution in [3.05, 3.63) is 11.5 Å². The Morgan fingerprint density at radius 1 is 0.808 bits per heavy atom. The van der Waals surface area contributed by atoms with Gasteiger partial charge in [0.15, 0.2) is 5.82 Å². The van der Waals surface area contributed by atoms with Crippen molar-refractivity contribution < 1.29 is 9.26 Å². The maximum Gasteiger partial charge on any atom is 0.227 e. The van der Waals surface area contributed by atoms with E-state index in [1.54, 1.807) is 0 Å². The molecule has 0 radical (unpaired) electrons. The minimum Gasteiger partial charge on any atom is -0.378 e. The molecule has 26 heavy (non-hydrogen) atoms. The average molecular weight is 356 g/mol. The molecule has 5 rings (SSSR count).